The molecule has 8 nitrogen and oxygen atoms in total. The molecule has 3 aromatic rings. The van der Waals surface area contributed by atoms with Crippen molar-refractivity contribution in [2.45, 2.75) is 26.8 Å². The zero-order valence-corrected chi connectivity index (χ0v) is 16.7. The number of rotatable bonds is 4. The Morgan fingerprint density at radius 2 is 1.97 bits per heavy atom. The maximum Gasteiger partial charge on any atom is 0.255 e. The summed E-state index contributed by atoms with van der Waals surface area (Å²) in [5.74, 6) is 0.908. The smallest absolute Gasteiger partial charge is 0.255 e. The van der Waals surface area contributed by atoms with Crippen molar-refractivity contribution in [2.75, 3.05) is 17.7 Å². The van der Waals surface area contributed by atoms with Crippen LogP contribution >= 0.6 is 0 Å². The molecule has 0 spiro atoms. The number of carbonyl (C=O) groups is 1. The molecule has 0 unspecified atom stereocenters. The first-order valence-corrected chi connectivity index (χ1v) is 9.26. The number of tetrazole rings is 1. The third kappa shape index (κ3) is 3.33. The Kier molecular flexibility index (Phi) is 4.75. The van der Waals surface area contributed by atoms with Crippen LogP contribution in [0.25, 0.3) is 0 Å². The lowest BCUT2D eigenvalue weighted by atomic mass is 9.94. The Morgan fingerprint density at radius 3 is 2.72 bits per heavy atom. The van der Waals surface area contributed by atoms with Crippen molar-refractivity contribution in [1.82, 2.24) is 20.2 Å². The highest BCUT2D eigenvalue weighted by Gasteiger charge is 2.35. The van der Waals surface area contributed by atoms with Gasteiger partial charge in [0.25, 0.3) is 5.91 Å². The highest BCUT2D eigenvalue weighted by atomic mass is 16.5. The van der Waals surface area contributed by atoms with Crippen LogP contribution in [0.4, 0.5) is 11.6 Å². The van der Waals surface area contributed by atoms with Crippen LogP contribution in [0, 0.1) is 13.8 Å². The number of carbonyl (C=O) groups excluding carboxylic acids is 1. The molecule has 2 aromatic carbocycles. The normalized spacial score (nSPS) is 15.5. The molecule has 1 aliphatic heterocycles. The lowest BCUT2D eigenvalue weighted by Gasteiger charge is -2.29. The number of hydrogen-bond donors (Lipinski definition) is 2. The second kappa shape index (κ2) is 7.38. The zero-order chi connectivity index (χ0) is 20.5. The van der Waals surface area contributed by atoms with Gasteiger partial charge in [0.2, 0.25) is 5.95 Å². The summed E-state index contributed by atoms with van der Waals surface area (Å²) in [6.07, 6.45) is 0. The number of fused-ring (bicyclic) bond motifs is 1. The van der Waals surface area contributed by atoms with Crippen LogP contribution in [0.5, 0.6) is 5.75 Å². The van der Waals surface area contributed by atoms with Gasteiger partial charge in [0.1, 0.15) is 11.8 Å². The van der Waals surface area contributed by atoms with E-state index in [9.17, 15) is 4.79 Å². The first kappa shape index (κ1) is 18.7. The number of nitrogens with zero attached hydrogens (tertiary/aromatic N) is 4. The monoisotopic (exact) mass is 390 g/mol. The fourth-order valence-corrected chi connectivity index (χ4v) is 3.63. The average molecular weight is 390 g/mol. The fraction of sp³-hybridized carbons (Fsp3) is 0.238. The van der Waals surface area contributed by atoms with Crippen molar-refractivity contribution in [3.63, 3.8) is 0 Å². The Labute approximate surface area is 168 Å². The Balaban J connectivity index is 1.80. The van der Waals surface area contributed by atoms with Crippen LogP contribution in [0.2, 0.25) is 0 Å². The summed E-state index contributed by atoms with van der Waals surface area (Å²) in [4.78, 5) is 13.4. The van der Waals surface area contributed by atoms with Crippen LogP contribution in [0.15, 0.2) is 53.7 Å². The van der Waals surface area contributed by atoms with Crippen LogP contribution in [0.3, 0.4) is 0 Å². The molecular weight excluding hydrogens is 368 g/mol. The van der Waals surface area contributed by atoms with E-state index < -0.39 is 6.04 Å². The minimum absolute atomic E-state index is 0.223. The number of para-hydroxylation sites is 1. The van der Waals surface area contributed by atoms with E-state index in [-0.39, 0.29) is 5.91 Å². The number of hydrogen-bond acceptors (Lipinski definition) is 6. The minimum Gasteiger partial charge on any atom is -0.496 e. The zero-order valence-electron chi connectivity index (χ0n) is 16.7. The van der Waals surface area contributed by atoms with Gasteiger partial charge in [-0.1, -0.05) is 41.0 Å². The van der Waals surface area contributed by atoms with Crippen molar-refractivity contribution in [1.29, 1.82) is 0 Å². The van der Waals surface area contributed by atoms with E-state index in [1.165, 1.54) is 0 Å². The number of allylic oxidation sites excluding steroid dienone is 1. The Morgan fingerprint density at radius 1 is 1.17 bits per heavy atom. The molecule has 1 aliphatic rings. The largest absolute Gasteiger partial charge is 0.496 e. The molecule has 29 heavy (non-hydrogen) atoms. The number of benzene rings is 2. The lowest BCUT2D eigenvalue weighted by Crippen LogP contribution is -2.32. The summed E-state index contributed by atoms with van der Waals surface area (Å²) in [5, 5.41) is 18.1. The number of aryl methyl sites for hydroxylation is 2. The lowest BCUT2D eigenvalue weighted by molar-refractivity contribution is -0.113. The topological polar surface area (TPSA) is 94.0 Å². The van der Waals surface area contributed by atoms with Gasteiger partial charge in [-0.05, 0) is 48.9 Å². The van der Waals surface area contributed by atoms with Gasteiger partial charge < -0.3 is 15.4 Å². The third-order valence-corrected chi connectivity index (χ3v) is 5.02. The number of methoxy groups -OCH3 is 1. The van der Waals surface area contributed by atoms with Crippen molar-refractivity contribution < 1.29 is 9.53 Å². The molecule has 2 N–H and O–H groups in total. The number of aromatic nitrogens is 4. The highest BCUT2D eigenvalue weighted by Crippen LogP contribution is 2.38. The molecule has 4 rings (SSSR count). The van der Waals surface area contributed by atoms with Gasteiger partial charge in [0.15, 0.2) is 0 Å². The summed E-state index contributed by atoms with van der Waals surface area (Å²) < 4.78 is 7.15. The van der Waals surface area contributed by atoms with Gasteiger partial charge in [-0.25, -0.2) is 0 Å². The van der Waals surface area contributed by atoms with Crippen LogP contribution in [0.1, 0.15) is 29.7 Å². The first-order chi connectivity index (χ1) is 14.0. The summed E-state index contributed by atoms with van der Waals surface area (Å²) in [7, 11) is 1.60. The highest BCUT2D eigenvalue weighted by molar-refractivity contribution is 6.06. The summed E-state index contributed by atoms with van der Waals surface area (Å²) in [6, 6.07) is 13.0. The molecule has 0 saturated carbocycles. The van der Waals surface area contributed by atoms with Crippen molar-refractivity contribution in [3.05, 3.63) is 70.4 Å². The standard InChI is InChI=1S/C21H22N6O2/c1-12-9-10-16(13(2)11-12)23-20(28)18-14(3)22-21-24-25-26-27(21)19(18)15-7-5-6-8-17(15)29-4/h5-11,19H,1-4H3,(H,23,28)(H,22,24,26)/t19-/m0/s1. The SMILES string of the molecule is COc1ccccc1[C@H]1C(C(=O)Nc2ccc(C)cc2C)=C(C)Nc2nnnn21. The molecule has 0 bridgehead atoms. The number of nitrogens with one attached hydrogen (secondary N) is 2. The van der Waals surface area contributed by atoms with Crippen molar-refractivity contribution >= 4 is 17.5 Å². The molecule has 1 aromatic heterocycles. The molecule has 0 fully saturated rings. The maximum absolute atomic E-state index is 13.4. The molecule has 2 heterocycles. The molecule has 0 radical (unpaired) electrons. The summed E-state index contributed by atoms with van der Waals surface area (Å²) >= 11 is 0. The minimum atomic E-state index is -0.525. The second-order valence-corrected chi connectivity index (χ2v) is 7.03. The predicted octanol–water partition coefficient (Wildman–Crippen LogP) is 3.23. The summed E-state index contributed by atoms with van der Waals surface area (Å²) in [5.41, 5.74) is 4.91. The number of ether oxygens (including phenoxy) is 1. The van der Waals surface area contributed by atoms with Gasteiger partial charge >= 0.3 is 0 Å². The molecule has 1 atom stereocenters. The van der Waals surface area contributed by atoms with Crippen molar-refractivity contribution in [2.24, 2.45) is 0 Å². The summed E-state index contributed by atoms with van der Waals surface area (Å²) in [6.45, 7) is 5.84. The fourth-order valence-electron chi connectivity index (χ4n) is 3.63. The number of anilines is 2. The van der Waals surface area contributed by atoms with Gasteiger partial charge in [-0.2, -0.15) is 4.68 Å². The molecular formula is C21H22N6O2. The quantitative estimate of drug-likeness (QED) is 0.710. The molecule has 0 aliphatic carbocycles. The van der Waals surface area contributed by atoms with E-state index in [0.29, 0.717) is 23.0 Å². The van der Waals surface area contributed by atoms with E-state index in [2.05, 4.69) is 26.2 Å². The van der Waals surface area contributed by atoms with E-state index in [1.54, 1.807) is 11.8 Å². The Hall–Kier alpha value is -3.68. The van der Waals surface area contributed by atoms with Crippen molar-refractivity contribution in [3.8, 4) is 5.75 Å². The number of amides is 1. The molecule has 1 amide bonds. The van der Waals surface area contributed by atoms with E-state index >= 15 is 0 Å². The second-order valence-electron chi connectivity index (χ2n) is 7.03. The van der Waals surface area contributed by atoms with Gasteiger partial charge in [-0.15, -0.1) is 0 Å². The predicted molar refractivity (Wildman–Crippen MR) is 110 cm³/mol. The first-order valence-electron chi connectivity index (χ1n) is 9.26. The maximum atomic E-state index is 13.4. The van der Waals surface area contributed by atoms with Gasteiger partial charge in [0, 0.05) is 16.9 Å². The van der Waals surface area contributed by atoms with Crippen LogP contribution in [-0.4, -0.2) is 33.2 Å². The van der Waals surface area contributed by atoms with E-state index in [4.69, 9.17) is 4.74 Å². The average Bonchev–Trinajstić information content (AvgIpc) is 3.17. The molecule has 0 saturated heterocycles. The van der Waals surface area contributed by atoms with Crippen LogP contribution < -0.4 is 15.4 Å². The van der Waals surface area contributed by atoms with Crippen LogP contribution in [-0.2, 0) is 4.79 Å². The Bertz CT molecular complexity index is 1120. The molecule has 8 heteroatoms. The van der Waals surface area contributed by atoms with E-state index in [1.807, 2.05) is 63.2 Å². The van der Waals surface area contributed by atoms with E-state index in [0.717, 1.165) is 22.4 Å². The van der Waals surface area contributed by atoms with Gasteiger partial charge in [0.05, 0.1) is 12.7 Å². The third-order valence-electron chi connectivity index (χ3n) is 5.02. The van der Waals surface area contributed by atoms with Gasteiger partial charge in [-0.3, -0.25) is 4.79 Å². The molecule has 148 valence electrons.